The maximum absolute atomic E-state index is 11.7. The van der Waals surface area contributed by atoms with Crippen molar-refractivity contribution in [3.8, 4) is 5.75 Å². The summed E-state index contributed by atoms with van der Waals surface area (Å²) in [6.07, 6.45) is 11.1. The molecule has 0 unspecified atom stereocenters. The highest BCUT2D eigenvalue weighted by Gasteiger charge is 2.25. The number of ether oxygens (including phenoxy) is 1. The molecule has 0 amide bonds. The molecule has 0 atom stereocenters. The van der Waals surface area contributed by atoms with Gasteiger partial charge in [-0.1, -0.05) is 19.1 Å². The van der Waals surface area contributed by atoms with Crippen LogP contribution in [0.1, 0.15) is 43.7 Å². The summed E-state index contributed by atoms with van der Waals surface area (Å²) < 4.78 is 31.2. The molecule has 2 fully saturated rings. The molecule has 4 rings (SSSR count). The molecular formula is C24H34N4O3S. The molecule has 32 heavy (non-hydrogen) atoms. The lowest BCUT2D eigenvalue weighted by Crippen LogP contribution is -2.39. The number of aromatic nitrogens is 2. The maximum Gasteiger partial charge on any atom is 0.225 e. The SMILES string of the molecule is CCc1cnc(N2CCC(Oc3ccc(CC4CCN(S(C)(=O)=O)CC4)cc3)CC2)nc1. The molecule has 0 aliphatic carbocycles. The summed E-state index contributed by atoms with van der Waals surface area (Å²) in [6.45, 7) is 5.19. The van der Waals surface area contributed by atoms with Gasteiger partial charge in [-0.25, -0.2) is 22.7 Å². The first kappa shape index (κ1) is 23.0. The Hall–Kier alpha value is -2.19. The Bertz CT molecular complexity index is 963. The second kappa shape index (κ2) is 10.2. The van der Waals surface area contributed by atoms with Gasteiger partial charge >= 0.3 is 0 Å². The van der Waals surface area contributed by atoms with Gasteiger partial charge in [0.25, 0.3) is 0 Å². The molecule has 0 N–H and O–H groups in total. The number of rotatable bonds is 7. The highest BCUT2D eigenvalue weighted by molar-refractivity contribution is 7.88. The minimum absolute atomic E-state index is 0.215. The van der Waals surface area contributed by atoms with Crippen LogP contribution >= 0.6 is 0 Å². The normalized spacial score (nSPS) is 19.2. The number of nitrogens with zero attached hydrogens (tertiary/aromatic N) is 4. The lowest BCUT2D eigenvalue weighted by molar-refractivity contribution is 0.170. The van der Waals surface area contributed by atoms with Crippen molar-refractivity contribution < 1.29 is 13.2 Å². The standard InChI is InChI=1S/C24H34N4O3S/c1-3-19-17-25-24(26-18-19)27-12-10-23(11-13-27)31-22-6-4-20(5-7-22)16-21-8-14-28(15-9-21)32(2,29)30/h4-7,17-18,21,23H,3,8-16H2,1-2H3. The average Bonchev–Trinajstić information content (AvgIpc) is 2.81. The molecule has 1 aromatic heterocycles. The molecule has 174 valence electrons. The molecule has 2 aromatic rings. The molecule has 0 spiro atoms. The van der Waals surface area contributed by atoms with Crippen molar-refractivity contribution in [2.75, 3.05) is 37.3 Å². The van der Waals surface area contributed by atoms with Crippen molar-refractivity contribution in [3.05, 3.63) is 47.8 Å². The molecule has 0 saturated carbocycles. The molecule has 2 saturated heterocycles. The van der Waals surface area contributed by atoms with Crippen LogP contribution < -0.4 is 9.64 Å². The quantitative estimate of drug-likeness (QED) is 0.634. The van der Waals surface area contributed by atoms with E-state index in [1.54, 1.807) is 4.31 Å². The number of anilines is 1. The Kier molecular flexibility index (Phi) is 7.30. The number of aryl methyl sites for hydroxylation is 1. The van der Waals surface area contributed by atoms with Crippen molar-refractivity contribution in [2.45, 2.75) is 51.6 Å². The number of sulfonamides is 1. The van der Waals surface area contributed by atoms with E-state index in [1.807, 2.05) is 12.4 Å². The monoisotopic (exact) mass is 458 g/mol. The molecule has 0 bridgehead atoms. The Morgan fingerprint density at radius 1 is 0.938 bits per heavy atom. The van der Waals surface area contributed by atoms with E-state index in [9.17, 15) is 8.42 Å². The smallest absolute Gasteiger partial charge is 0.225 e. The predicted molar refractivity (Wildman–Crippen MR) is 127 cm³/mol. The van der Waals surface area contributed by atoms with Gasteiger partial charge in [-0.05, 0) is 54.9 Å². The third-order valence-corrected chi connectivity index (χ3v) is 7.92. The van der Waals surface area contributed by atoms with Crippen LogP contribution in [-0.4, -0.2) is 61.2 Å². The van der Waals surface area contributed by atoms with Crippen molar-refractivity contribution in [3.63, 3.8) is 0 Å². The molecular weight excluding hydrogens is 424 g/mol. The first-order chi connectivity index (χ1) is 15.4. The fraction of sp³-hybridized carbons (Fsp3) is 0.583. The molecule has 2 aliphatic heterocycles. The Balaban J connectivity index is 1.22. The van der Waals surface area contributed by atoms with Gasteiger partial charge in [-0.3, -0.25) is 0 Å². The van der Waals surface area contributed by atoms with Crippen LogP contribution in [0.15, 0.2) is 36.7 Å². The van der Waals surface area contributed by atoms with Crippen LogP contribution in [0.2, 0.25) is 0 Å². The summed E-state index contributed by atoms with van der Waals surface area (Å²) >= 11 is 0. The zero-order chi connectivity index (χ0) is 22.6. The van der Waals surface area contributed by atoms with E-state index in [0.717, 1.165) is 68.9 Å². The predicted octanol–water partition coefficient (Wildman–Crippen LogP) is 3.30. The third kappa shape index (κ3) is 5.98. The summed E-state index contributed by atoms with van der Waals surface area (Å²) in [5.41, 5.74) is 2.45. The first-order valence-corrected chi connectivity index (χ1v) is 13.5. The maximum atomic E-state index is 11.7. The zero-order valence-corrected chi connectivity index (χ0v) is 19.9. The fourth-order valence-corrected chi connectivity index (χ4v) is 5.42. The summed E-state index contributed by atoms with van der Waals surface area (Å²) in [6, 6.07) is 8.44. The van der Waals surface area contributed by atoms with Gasteiger partial charge in [0.2, 0.25) is 16.0 Å². The largest absolute Gasteiger partial charge is 0.490 e. The first-order valence-electron chi connectivity index (χ1n) is 11.7. The highest BCUT2D eigenvalue weighted by Crippen LogP contribution is 2.25. The topological polar surface area (TPSA) is 75.6 Å². The van der Waals surface area contributed by atoms with E-state index < -0.39 is 10.0 Å². The van der Waals surface area contributed by atoms with Crippen LogP contribution in [0.4, 0.5) is 5.95 Å². The second-order valence-electron chi connectivity index (χ2n) is 9.00. The fourth-order valence-electron chi connectivity index (χ4n) is 4.54. The van der Waals surface area contributed by atoms with Crippen LogP contribution in [0.3, 0.4) is 0 Å². The Morgan fingerprint density at radius 2 is 1.56 bits per heavy atom. The minimum Gasteiger partial charge on any atom is -0.490 e. The van der Waals surface area contributed by atoms with Crippen molar-refractivity contribution in [1.82, 2.24) is 14.3 Å². The Labute approximate surface area is 191 Å². The summed E-state index contributed by atoms with van der Waals surface area (Å²) in [7, 11) is -3.06. The summed E-state index contributed by atoms with van der Waals surface area (Å²) in [5, 5.41) is 0. The van der Waals surface area contributed by atoms with Crippen LogP contribution in [0, 0.1) is 5.92 Å². The average molecular weight is 459 g/mol. The van der Waals surface area contributed by atoms with Gasteiger partial charge in [0.05, 0.1) is 6.26 Å². The molecule has 8 heteroatoms. The summed E-state index contributed by atoms with van der Waals surface area (Å²) in [5.74, 6) is 2.27. The van der Waals surface area contributed by atoms with Gasteiger partial charge in [-0.15, -0.1) is 0 Å². The number of piperidine rings is 2. The van der Waals surface area contributed by atoms with E-state index in [1.165, 1.54) is 11.8 Å². The van der Waals surface area contributed by atoms with E-state index in [-0.39, 0.29) is 6.10 Å². The minimum atomic E-state index is -3.06. The molecule has 0 radical (unpaired) electrons. The zero-order valence-electron chi connectivity index (χ0n) is 19.1. The Morgan fingerprint density at radius 3 is 2.12 bits per heavy atom. The highest BCUT2D eigenvalue weighted by atomic mass is 32.2. The van der Waals surface area contributed by atoms with Crippen LogP contribution in [0.5, 0.6) is 5.75 Å². The second-order valence-corrected chi connectivity index (χ2v) is 11.0. The van der Waals surface area contributed by atoms with E-state index in [0.29, 0.717) is 19.0 Å². The van der Waals surface area contributed by atoms with E-state index in [2.05, 4.69) is 46.1 Å². The number of hydrogen-bond acceptors (Lipinski definition) is 6. The molecule has 1 aromatic carbocycles. The summed E-state index contributed by atoms with van der Waals surface area (Å²) in [4.78, 5) is 11.2. The van der Waals surface area contributed by atoms with E-state index >= 15 is 0 Å². The number of benzene rings is 1. The lowest BCUT2D eigenvalue weighted by atomic mass is 9.91. The van der Waals surface area contributed by atoms with Crippen LogP contribution in [0.25, 0.3) is 0 Å². The molecule has 7 nitrogen and oxygen atoms in total. The van der Waals surface area contributed by atoms with Gasteiger partial charge in [-0.2, -0.15) is 0 Å². The molecule has 3 heterocycles. The van der Waals surface area contributed by atoms with Crippen molar-refractivity contribution in [1.29, 1.82) is 0 Å². The molecule has 2 aliphatic rings. The van der Waals surface area contributed by atoms with Crippen molar-refractivity contribution in [2.24, 2.45) is 5.92 Å². The van der Waals surface area contributed by atoms with Gasteiger partial charge in [0, 0.05) is 51.4 Å². The van der Waals surface area contributed by atoms with Gasteiger partial charge in [0.15, 0.2) is 0 Å². The lowest BCUT2D eigenvalue weighted by Gasteiger charge is -2.32. The van der Waals surface area contributed by atoms with Gasteiger partial charge < -0.3 is 9.64 Å². The number of hydrogen-bond donors (Lipinski definition) is 0. The van der Waals surface area contributed by atoms with E-state index in [4.69, 9.17) is 4.74 Å². The van der Waals surface area contributed by atoms with Gasteiger partial charge in [0.1, 0.15) is 11.9 Å². The van der Waals surface area contributed by atoms with Crippen molar-refractivity contribution >= 4 is 16.0 Å². The van der Waals surface area contributed by atoms with Crippen LogP contribution in [-0.2, 0) is 22.9 Å². The third-order valence-electron chi connectivity index (χ3n) is 6.62.